The van der Waals surface area contributed by atoms with Crippen LogP contribution in [0.2, 0.25) is 10.0 Å². The van der Waals surface area contributed by atoms with Crippen LogP contribution in [0.1, 0.15) is 49.7 Å². The van der Waals surface area contributed by atoms with Crippen LogP contribution in [0.25, 0.3) is 0 Å². The minimum atomic E-state index is -0.0695. The lowest BCUT2D eigenvalue weighted by molar-refractivity contribution is 0.222. The van der Waals surface area contributed by atoms with E-state index in [0.717, 1.165) is 60.1 Å². The summed E-state index contributed by atoms with van der Waals surface area (Å²) >= 11 is 12.4. The molecule has 2 atom stereocenters. The van der Waals surface area contributed by atoms with Gasteiger partial charge in [0.05, 0.1) is 11.5 Å². The summed E-state index contributed by atoms with van der Waals surface area (Å²) in [7, 11) is 0. The quantitative estimate of drug-likeness (QED) is 0.540. The highest BCUT2D eigenvalue weighted by Gasteiger charge is 2.35. The van der Waals surface area contributed by atoms with Crippen molar-refractivity contribution in [3.05, 3.63) is 93.4 Å². The highest BCUT2D eigenvalue weighted by molar-refractivity contribution is 6.30. The normalized spacial score (nSPS) is 26.2. The number of hydrogen-bond acceptors (Lipinski definition) is 3. The lowest BCUT2D eigenvalue weighted by atomic mass is 9.71. The Hall–Kier alpha value is -1.78. The number of benzene rings is 2. The van der Waals surface area contributed by atoms with E-state index in [1.54, 1.807) is 0 Å². The van der Waals surface area contributed by atoms with Gasteiger partial charge in [0, 0.05) is 46.8 Å². The largest absolute Gasteiger partial charge is 0.467 e. The molecule has 0 fully saturated rings. The SMILES string of the molecule is NCC1(c2cccc(Cl)c2)CC=C(OC2=CCC(CN)(c3cccc(Cl)c3)CC2)CC1. The predicted molar refractivity (Wildman–Crippen MR) is 129 cm³/mol. The Kier molecular flexibility index (Phi) is 6.78. The van der Waals surface area contributed by atoms with E-state index in [1.807, 2.05) is 36.4 Å². The van der Waals surface area contributed by atoms with Crippen LogP contribution in [0.15, 0.2) is 72.2 Å². The topological polar surface area (TPSA) is 61.3 Å². The molecule has 31 heavy (non-hydrogen) atoms. The van der Waals surface area contributed by atoms with E-state index in [9.17, 15) is 0 Å². The second-order valence-electron chi connectivity index (χ2n) is 8.84. The fourth-order valence-electron chi connectivity index (χ4n) is 4.87. The van der Waals surface area contributed by atoms with Crippen LogP contribution in [0.3, 0.4) is 0 Å². The molecule has 4 rings (SSSR count). The Balaban J connectivity index is 1.45. The fourth-order valence-corrected chi connectivity index (χ4v) is 5.25. The van der Waals surface area contributed by atoms with Gasteiger partial charge in [-0.25, -0.2) is 0 Å². The van der Waals surface area contributed by atoms with Gasteiger partial charge in [-0.15, -0.1) is 0 Å². The summed E-state index contributed by atoms with van der Waals surface area (Å²) in [4.78, 5) is 0. The molecule has 0 radical (unpaired) electrons. The Labute approximate surface area is 195 Å². The zero-order chi connectivity index (χ0) is 21.9. The van der Waals surface area contributed by atoms with Gasteiger partial charge in [-0.1, -0.05) is 47.5 Å². The van der Waals surface area contributed by atoms with Crippen molar-refractivity contribution in [1.29, 1.82) is 0 Å². The first-order valence-corrected chi connectivity index (χ1v) is 11.7. The van der Waals surface area contributed by atoms with Crippen molar-refractivity contribution in [2.75, 3.05) is 13.1 Å². The van der Waals surface area contributed by atoms with E-state index in [-0.39, 0.29) is 10.8 Å². The van der Waals surface area contributed by atoms with Crippen LogP contribution in [0.4, 0.5) is 0 Å². The van der Waals surface area contributed by atoms with E-state index in [4.69, 9.17) is 39.4 Å². The molecule has 0 aliphatic heterocycles. The first-order chi connectivity index (χ1) is 15.0. The van der Waals surface area contributed by atoms with Crippen molar-refractivity contribution in [3.8, 4) is 0 Å². The zero-order valence-electron chi connectivity index (χ0n) is 17.7. The Morgan fingerprint density at radius 2 is 1.19 bits per heavy atom. The third-order valence-electron chi connectivity index (χ3n) is 7.06. The van der Waals surface area contributed by atoms with Gasteiger partial charge in [-0.05, 0) is 73.2 Å². The molecule has 0 spiro atoms. The maximum Gasteiger partial charge on any atom is 0.0996 e. The summed E-state index contributed by atoms with van der Waals surface area (Å²) in [5, 5.41) is 1.51. The third kappa shape index (κ3) is 4.70. The van der Waals surface area contributed by atoms with E-state index in [1.165, 1.54) is 11.1 Å². The van der Waals surface area contributed by atoms with Crippen molar-refractivity contribution in [1.82, 2.24) is 0 Å². The van der Waals surface area contributed by atoms with Crippen LogP contribution < -0.4 is 11.5 Å². The molecule has 4 N–H and O–H groups in total. The van der Waals surface area contributed by atoms with Crippen molar-refractivity contribution in [3.63, 3.8) is 0 Å². The first kappa shape index (κ1) is 22.4. The first-order valence-electron chi connectivity index (χ1n) is 11.0. The standard InChI is InChI=1S/C26H30Cl2N2O/c27-21-5-1-3-19(15-21)25(17-29)11-7-23(8-12-25)31-24-9-13-26(18-30,14-10-24)20-4-2-6-22(28)16-20/h1-7,9,15-16H,8,10-14,17-18,29-30H2. The van der Waals surface area contributed by atoms with E-state index in [0.29, 0.717) is 13.1 Å². The number of rotatable bonds is 6. The van der Waals surface area contributed by atoms with Crippen molar-refractivity contribution < 1.29 is 4.74 Å². The van der Waals surface area contributed by atoms with Crippen LogP contribution in [-0.4, -0.2) is 13.1 Å². The number of hydrogen-bond donors (Lipinski definition) is 2. The highest BCUT2D eigenvalue weighted by atomic mass is 35.5. The average molecular weight is 457 g/mol. The van der Waals surface area contributed by atoms with Crippen LogP contribution in [0.5, 0.6) is 0 Å². The third-order valence-corrected chi connectivity index (χ3v) is 7.53. The summed E-state index contributed by atoms with van der Waals surface area (Å²) in [5.41, 5.74) is 14.7. The number of nitrogens with two attached hydrogens (primary N) is 2. The van der Waals surface area contributed by atoms with Crippen LogP contribution in [-0.2, 0) is 15.6 Å². The van der Waals surface area contributed by atoms with Gasteiger partial charge in [0.2, 0.25) is 0 Å². The smallest absolute Gasteiger partial charge is 0.0996 e. The monoisotopic (exact) mass is 456 g/mol. The fraction of sp³-hybridized carbons (Fsp3) is 0.385. The summed E-state index contributed by atoms with van der Waals surface area (Å²) < 4.78 is 6.32. The Morgan fingerprint density at radius 3 is 1.52 bits per heavy atom. The molecule has 0 saturated carbocycles. The van der Waals surface area contributed by atoms with Gasteiger partial charge in [0.1, 0.15) is 0 Å². The van der Waals surface area contributed by atoms with E-state index in [2.05, 4.69) is 24.3 Å². The van der Waals surface area contributed by atoms with Gasteiger partial charge < -0.3 is 16.2 Å². The minimum absolute atomic E-state index is 0.0695. The molecule has 3 nitrogen and oxygen atoms in total. The molecule has 164 valence electrons. The minimum Gasteiger partial charge on any atom is -0.467 e. The molecular weight excluding hydrogens is 427 g/mol. The lowest BCUT2D eigenvalue weighted by Gasteiger charge is -2.38. The van der Waals surface area contributed by atoms with Crippen LogP contribution >= 0.6 is 23.2 Å². The van der Waals surface area contributed by atoms with Gasteiger partial charge in [0.15, 0.2) is 0 Å². The molecule has 2 aromatic carbocycles. The highest BCUT2D eigenvalue weighted by Crippen LogP contribution is 2.42. The van der Waals surface area contributed by atoms with Gasteiger partial charge in [0.25, 0.3) is 0 Å². The Bertz CT molecular complexity index is 923. The Morgan fingerprint density at radius 1 is 0.742 bits per heavy atom. The van der Waals surface area contributed by atoms with E-state index >= 15 is 0 Å². The molecule has 0 saturated heterocycles. The van der Waals surface area contributed by atoms with Gasteiger partial charge >= 0.3 is 0 Å². The predicted octanol–water partition coefficient (Wildman–Crippen LogP) is 6.24. The molecule has 0 heterocycles. The second kappa shape index (κ2) is 9.38. The molecule has 0 bridgehead atoms. The van der Waals surface area contributed by atoms with E-state index < -0.39 is 0 Å². The van der Waals surface area contributed by atoms with Crippen LogP contribution in [0, 0.1) is 0 Å². The molecular formula is C26H30Cl2N2O. The summed E-state index contributed by atoms with van der Waals surface area (Å²) in [6.45, 7) is 1.19. The van der Waals surface area contributed by atoms with Gasteiger partial charge in [-0.3, -0.25) is 0 Å². The molecule has 5 heteroatoms. The lowest BCUT2D eigenvalue weighted by Crippen LogP contribution is -2.37. The number of allylic oxidation sites excluding steroid dienone is 4. The summed E-state index contributed by atoms with van der Waals surface area (Å²) in [6.07, 6.45) is 9.80. The number of ether oxygens (including phenoxy) is 1. The maximum atomic E-state index is 6.32. The molecule has 2 aliphatic rings. The van der Waals surface area contributed by atoms with Crippen molar-refractivity contribution in [2.45, 2.75) is 49.4 Å². The molecule has 2 aliphatic carbocycles. The molecule has 0 aromatic heterocycles. The summed E-state index contributed by atoms with van der Waals surface area (Å²) in [5.74, 6) is 2.08. The molecule has 0 amide bonds. The number of halogens is 2. The average Bonchev–Trinajstić information content (AvgIpc) is 2.80. The molecule has 2 unspecified atom stereocenters. The maximum absolute atomic E-state index is 6.32. The summed E-state index contributed by atoms with van der Waals surface area (Å²) in [6, 6.07) is 16.2. The molecule has 2 aromatic rings. The van der Waals surface area contributed by atoms with Crippen molar-refractivity contribution >= 4 is 23.2 Å². The second-order valence-corrected chi connectivity index (χ2v) is 9.71. The van der Waals surface area contributed by atoms with Gasteiger partial charge in [-0.2, -0.15) is 0 Å². The zero-order valence-corrected chi connectivity index (χ0v) is 19.3. The van der Waals surface area contributed by atoms with Crippen molar-refractivity contribution in [2.24, 2.45) is 11.5 Å².